The van der Waals surface area contributed by atoms with Gasteiger partial charge in [-0.3, -0.25) is 14.4 Å². The molecule has 3 aliphatic heterocycles. The number of unbranched alkanes of at least 4 members (excludes halogenated alkanes) is 3. The van der Waals surface area contributed by atoms with Gasteiger partial charge in [-0.05, 0) is 44.7 Å². The lowest BCUT2D eigenvalue weighted by atomic mass is 9.71. The van der Waals surface area contributed by atoms with E-state index >= 15 is 0 Å². The molecule has 33 heavy (non-hydrogen) atoms. The molecule has 5 atom stereocenters. The molecule has 0 unspecified atom stereocenters. The van der Waals surface area contributed by atoms with E-state index in [9.17, 15) is 14.4 Å². The number of esters is 1. The lowest BCUT2D eigenvalue weighted by Crippen LogP contribution is -2.53. The van der Waals surface area contributed by atoms with Gasteiger partial charge < -0.3 is 24.8 Å². The maximum atomic E-state index is 13.6. The molecule has 0 aromatic heterocycles. The van der Waals surface area contributed by atoms with Crippen molar-refractivity contribution >= 4 is 35.1 Å². The molecule has 4 rings (SSSR count). The van der Waals surface area contributed by atoms with Crippen LogP contribution in [0, 0.1) is 11.8 Å². The standard InChI is InChI=1S/C24H31ClN2O6/c1-2-32-23(31)18-17-11-12-24(33-17)19(18)22(30)27(13-7-3-4-8-14-28)20(24)21(29)26-16-10-6-5-9-15(16)25/h5-6,9-10,17-20,28H,2-4,7-8,11-14H2,1H3,(H,26,29)/t17-,18+,19+,20-,24+/m0/s1. The number of nitrogens with one attached hydrogen (secondary N) is 1. The zero-order valence-corrected chi connectivity index (χ0v) is 19.6. The molecule has 3 aliphatic rings. The van der Waals surface area contributed by atoms with E-state index in [1.54, 1.807) is 36.1 Å². The van der Waals surface area contributed by atoms with Crippen LogP contribution < -0.4 is 5.32 Å². The average molecular weight is 479 g/mol. The van der Waals surface area contributed by atoms with Crippen molar-refractivity contribution in [3.05, 3.63) is 29.3 Å². The third kappa shape index (κ3) is 4.24. The molecular formula is C24H31ClN2O6. The number of likely N-dealkylation sites (tertiary alicyclic amines) is 1. The lowest BCUT2D eigenvalue weighted by Gasteiger charge is -2.33. The van der Waals surface area contributed by atoms with Gasteiger partial charge >= 0.3 is 5.97 Å². The third-order valence-corrected chi connectivity index (χ3v) is 7.38. The maximum Gasteiger partial charge on any atom is 0.312 e. The van der Waals surface area contributed by atoms with E-state index in [1.165, 1.54) is 0 Å². The summed E-state index contributed by atoms with van der Waals surface area (Å²) in [6.07, 6.45) is 3.78. The van der Waals surface area contributed by atoms with Crippen LogP contribution in [0.5, 0.6) is 0 Å². The Hall–Kier alpha value is -2.16. The van der Waals surface area contributed by atoms with Gasteiger partial charge in [0.15, 0.2) is 0 Å². The van der Waals surface area contributed by atoms with Crippen LogP contribution >= 0.6 is 11.6 Å². The summed E-state index contributed by atoms with van der Waals surface area (Å²) in [4.78, 5) is 41.6. The number of anilines is 1. The zero-order valence-electron chi connectivity index (χ0n) is 18.8. The maximum absolute atomic E-state index is 13.6. The van der Waals surface area contributed by atoms with Crippen LogP contribution in [0.25, 0.3) is 0 Å². The van der Waals surface area contributed by atoms with E-state index < -0.39 is 35.6 Å². The molecule has 1 spiro atoms. The summed E-state index contributed by atoms with van der Waals surface area (Å²) in [5, 5.41) is 12.3. The van der Waals surface area contributed by atoms with E-state index in [2.05, 4.69) is 5.32 Å². The summed E-state index contributed by atoms with van der Waals surface area (Å²) in [7, 11) is 0. The highest BCUT2D eigenvalue weighted by Crippen LogP contribution is 2.58. The second-order valence-electron chi connectivity index (χ2n) is 8.95. The number of hydrogen-bond acceptors (Lipinski definition) is 6. The number of amides is 2. The minimum Gasteiger partial charge on any atom is -0.466 e. The largest absolute Gasteiger partial charge is 0.466 e. The highest BCUT2D eigenvalue weighted by Gasteiger charge is 2.74. The van der Waals surface area contributed by atoms with Crippen molar-refractivity contribution in [2.45, 2.75) is 63.2 Å². The van der Waals surface area contributed by atoms with E-state index in [0.29, 0.717) is 42.9 Å². The van der Waals surface area contributed by atoms with Gasteiger partial charge in [-0.1, -0.05) is 36.6 Å². The molecule has 2 bridgehead atoms. The number of carbonyl (C=O) groups excluding carboxylic acids is 3. The SMILES string of the molecule is CCOC(=O)[C@@H]1[C@@H]2CC[C@]3(O2)[C@H](C(=O)Nc2ccccc2Cl)N(CCCCCCO)C(=O)[C@@H]13. The molecule has 2 N–H and O–H groups in total. The van der Waals surface area contributed by atoms with Crippen LogP contribution in [0.1, 0.15) is 45.4 Å². The van der Waals surface area contributed by atoms with Crippen molar-refractivity contribution < 1.29 is 29.0 Å². The monoisotopic (exact) mass is 478 g/mol. The van der Waals surface area contributed by atoms with E-state index in [0.717, 1.165) is 12.8 Å². The fraction of sp³-hybridized carbons (Fsp3) is 0.625. The normalized spacial score (nSPS) is 29.9. The molecule has 0 aliphatic carbocycles. The van der Waals surface area contributed by atoms with Gasteiger partial charge in [0.2, 0.25) is 11.8 Å². The van der Waals surface area contributed by atoms with Crippen molar-refractivity contribution in [3.63, 3.8) is 0 Å². The first-order valence-corrected chi connectivity index (χ1v) is 12.1. The quantitative estimate of drug-likeness (QED) is 0.395. The van der Waals surface area contributed by atoms with Crippen molar-refractivity contribution in [1.82, 2.24) is 4.90 Å². The Labute approximate surface area is 198 Å². The molecule has 3 heterocycles. The number of fused-ring (bicyclic) bond motifs is 1. The Morgan fingerprint density at radius 1 is 1.27 bits per heavy atom. The predicted octanol–water partition coefficient (Wildman–Crippen LogP) is 2.77. The van der Waals surface area contributed by atoms with Gasteiger partial charge in [-0.15, -0.1) is 0 Å². The number of para-hydroxylation sites is 1. The number of benzene rings is 1. The number of rotatable bonds is 10. The number of aliphatic hydroxyl groups excluding tert-OH is 1. The first-order chi connectivity index (χ1) is 15.9. The summed E-state index contributed by atoms with van der Waals surface area (Å²) in [6.45, 7) is 2.47. The Morgan fingerprint density at radius 2 is 2.03 bits per heavy atom. The van der Waals surface area contributed by atoms with E-state index in [4.69, 9.17) is 26.2 Å². The molecule has 0 radical (unpaired) electrons. The van der Waals surface area contributed by atoms with Gasteiger partial charge in [0, 0.05) is 13.2 Å². The van der Waals surface area contributed by atoms with Gasteiger partial charge in [-0.25, -0.2) is 0 Å². The second-order valence-corrected chi connectivity index (χ2v) is 9.35. The minimum absolute atomic E-state index is 0.132. The second kappa shape index (κ2) is 9.99. The Bertz CT molecular complexity index is 911. The first kappa shape index (κ1) is 24.0. The summed E-state index contributed by atoms with van der Waals surface area (Å²) < 4.78 is 11.6. The molecule has 3 fully saturated rings. The van der Waals surface area contributed by atoms with Gasteiger partial charge in [-0.2, -0.15) is 0 Å². The minimum atomic E-state index is -1.05. The number of halogens is 1. The van der Waals surface area contributed by atoms with Crippen LogP contribution in [0.3, 0.4) is 0 Å². The molecule has 9 heteroatoms. The first-order valence-electron chi connectivity index (χ1n) is 11.8. The number of carbonyl (C=O) groups is 3. The molecule has 8 nitrogen and oxygen atoms in total. The zero-order chi connectivity index (χ0) is 23.6. The molecular weight excluding hydrogens is 448 g/mol. The Kier molecular flexibility index (Phi) is 7.26. The number of nitrogens with zero attached hydrogens (tertiary/aromatic N) is 1. The Morgan fingerprint density at radius 3 is 2.76 bits per heavy atom. The van der Waals surface area contributed by atoms with Crippen LogP contribution in [0.4, 0.5) is 5.69 Å². The molecule has 0 saturated carbocycles. The van der Waals surface area contributed by atoms with Crippen molar-refractivity contribution in [3.8, 4) is 0 Å². The summed E-state index contributed by atoms with van der Waals surface area (Å²) >= 11 is 6.25. The van der Waals surface area contributed by atoms with Gasteiger partial charge in [0.05, 0.1) is 35.3 Å². The van der Waals surface area contributed by atoms with Crippen LogP contribution in [0.15, 0.2) is 24.3 Å². The van der Waals surface area contributed by atoms with Crippen LogP contribution in [-0.2, 0) is 23.9 Å². The molecule has 1 aromatic rings. The fourth-order valence-electron chi connectivity index (χ4n) is 5.71. The predicted molar refractivity (Wildman–Crippen MR) is 122 cm³/mol. The lowest BCUT2D eigenvalue weighted by molar-refractivity contribution is -0.154. The topological polar surface area (TPSA) is 105 Å². The van der Waals surface area contributed by atoms with Crippen molar-refractivity contribution in [2.75, 3.05) is 25.1 Å². The number of ether oxygens (including phenoxy) is 2. The van der Waals surface area contributed by atoms with Crippen molar-refractivity contribution in [1.29, 1.82) is 0 Å². The molecule has 1 aromatic carbocycles. The van der Waals surface area contributed by atoms with Crippen molar-refractivity contribution in [2.24, 2.45) is 11.8 Å². The number of aliphatic hydroxyl groups is 1. The highest BCUT2D eigenvalue weighted by molar-refractivity contribution is 6.33. The van der Waals surface area contributed by atoms with Gasteiger partial charge in [0.25, 0.3) is 0 Å². The van der Waals surface area contributed by atoms with E-state index in [1.807, 2.05) is 0 Å². The van der Waals surface area contributed by atoms with Crippen LogP contribution in [-0.4, -0.2) is 65.3 Å². The summed E-state index contributed by atoms with van der Waals surface area (Å²) in [5.74, 6) is -2.44. The smallest absolute Gasteiger partial charge is 0.312 e. The fourth-order valence-corrected chi connectivity index (χ4v) is 5.89. The van der Waals surface area contributed by atoms with Crippen LogP contribution in [0.2, 0.25) is 5.02 Å². The highest BCUT2D eigenvalue weighted by atomic mass is 35.5. The van der Waals surface area contributed by atoms with E-state index in [-0.39, 0.29) is 25.0 Å². The third-order valence-electron chi connectivity index (χ3n) is 7.05. The molecule has 2 amide bonds. The molecule has 180 valence electrons. The van der Waals surface area contributed by atoms with Gasteiger partial charge in [0.1, 0.15) is 11.6 Å². The summed E-state index contributed by atoms with van der Waals surface area (Å²) in [6, 6.07) is 6.09. The number of hydrogen-bond donors (Lipinski definition) is 2. The molecule has 3 saturated heterocycles. The average Bonchev–Trinajstić information content (AvgIpc) is 3.43. The summed E-state index contributed by atoms with van der Waals surface area (Å²) in [5.41, 5.74) is -0.579. The Balaban J connectivity index is 1.62.